The molecule has 7 nitrogen and oxygen atoms in total. The summed E-state index contributed by atoms with van der Waals surface area (Å²) in [7, 11) is 0. The van der Waals surface area contributed by atoms with Gasteiger partial charge in [-0.1, -0.05) is 48.5 Å². The van der Waals surface area contributed by atoms with Gasteiger partial charge in [0.25, 0.3) is 0 Å². The number of alkyl carbamates (subject to hydrolysis) is 1. The van der Waals surface area contributed by atoms with Gasteiger partial charge in [0.2, 0.25) is 5.91 Å². The molecule has 4 rings (SSSR count). The quantitative estimate of drug-likeness (QED) is 0.744. The fourth-order valence-corrected chi connectivity index (χ4v) is 4.43. The van der Waals surface area contributed by atoms with Crippen LogP contribution in [-0.4, -0.2) is 53.7 Å². The third kappa shape index (κ3) is 4.55. The number of benzene rings is 2. The lowest BCUT2D eigenvalue weighted by molar-refractivity contribution is -0.143. The summed E-state index contributed by atoms with van der Waals surface area (Å²) in [6.45, 7) is 1.36. The molecule has 1 aliphatic carbocycles. The average Bonchev–Trinajstić information content (AvgIpc) is 3.11. The van der Waals surface area contributed by atoms with Crippen molar-refractivity contribution in [2.45, 2.75) is 37.6 Å². The van der Waals surface area contributed by atoms with Gasteiger partial charge in [0.15, 0.2) is 0 Å². The van der Waals surface area contributed by atoms with Crippen LogP contribution < -0.4 is 5.32 Å². The second-order valence-electron chi connectivity index (χ2n) is 8.01. The summed E-state index contributed by atoms with van der Waals surface area (Å²) in [6, 6.07) is 14.6. The van der Waals surface area contributed by atoms with Crippen LogP contribution in [0, 0.1) is 0 Å². The first kappa shape index (κ1) is 20.9. The van der Waals surface area contributed by atoms with E-state index in [1.54, 1.807) is 4.90 Å². The van der Waals surface area contributed by atoms with Crippen molar-refractivity contribution < 1.29 is 24.2 Å². The van der Waals surface area contributed by atoms with E-state index in [0.717, 1.165) is 41.5 Å². The molecule has 0 unspecified atom stereocenters. The molecule has 2 amide bonds. The zero-order valence-electron chi connectivity index (χ0n) is 17.3. The van der Waals surface area contributed by atoms with Crippen molar-refractivity contribution in [1.29, 1.82) is 0 Å². The maximum atomic E-state index is 12.4. The summed E-state index contributed by atoms with van der Waals surface area (Å²) in [5.41, 5.74) is 4.38. The Bertz CT molecular complexity index is 938. The number of amides is 2. The van der Waals surface area contributed by atoms with Gasteiger partial charge in [-0.05, 0) is 41.5 Å². The predicted molar refractivity (Wildman–Crippen MR) is 115 cm³/mol. The molecule has 2 aromatic rings. The fourth-order valence-electron chi connectivity index (χ4n) is 4.43. The van der Waals surface area contributed by atoms with Crippen molar-refractivity contribution in [2.24, 2.45) is 0 Å². The minimum atomic E-state index is -1.31. The van der Waals surface area contributed by atoms with Crippen LogP contribution in [-0.2, 0) is 14.3 Å². The number of carbonyl (C=O) groups excluding carboxylic acids is 2. The zero-order valence-corrected chi connectivity index (χ0v) is 17.3. The molecule has 2 N–H and O–H groups in total. The third-order valence-corrected chi connectivity index (χ3v) is 6.02. The van der Waals surface area contributed by atoms with Crippen molar-refractivity contribution in [3.8, 4) is 11.1 Å². The number of rotatable bonds is 6. The van der Waals surface area contributed by atoms with Gasteiger partial charge in [-0.3, -0.25) is 4.79 Å². The Hall–Kier alpha value is -3.35. The predicted octanol–water partition coefficient (Wildman–Crippen LogP) is 3.38. The summed E-state index contributed by atoms with van der Waals surface area (Å²) < 4.78 is 5.41. The molecule has 31 heavy (non-hydrogen) atoms. The number of ether oxygens (including phenoxy) is 1. The summed E-state index contributed by atoms with van der Waals surface area (Å²) in [5.74, 6) is -1.62. The Morgan fingerprint density at radius 2 is 1.55 bits per heavy atom. The van der Waals surface area contributed by atoms with Crippen molar-refractivity contribution in [3.05, 3.63) is 59.7 Å². The monoisotopic (exact) mass is 422 g/mol. The topological polar surface area (TPSA) is 95.9 Å². The maximum Gasteiger partial charge on any atom is 0.407 e. The average molecular weight is 422 g/mol. The number of hydrogen-bond donors (Lipinski definition) is 2. The van der Waals surface area contributed by atoms with Gasteiger partial charge >= 0.3 is 12.1 Å². The van der Waals surface area contributed by atoms with E-state index in [0.29, 0.717) is 13.1 Å². The van der Waals surface area contributed by atoms with Crippen LogP contribution in [0.25, 0.3) is 11.1 Å². The molecule has 2 aromatic carbocycles. The van der Waals surface area contributed by atoms with E-state index in [4.69, 9.17) is 4.74 Å². The van der Waals surface area contributed by atoms with Gasteiger partial charge < -0.3 is 20.1 Å². The van der Waals surface area contributed by atoms with Crippen LogP contribution in [0.1, 0.15) is 42.7 Å². The molecular weight excluding hydrogens is 396 g/mol. The molecule has 1 fully saturated rings. The number of hydrogen-bond acceptors (Lipinski definition) is 4. The number of carbonyl (C=O) groups is 3. The van der Waals surface area contributed by atoms with Crippen LogP contribution >= 0.6 is 0 Å². The van der Waals surface area contributed by atoms with E-state index in [9.17, 15) is 19.5 Å². The highest BCUT2D eigenvalue weighted by Crippen LogP contribution is 2.44. The van der Waals surface area contributed by atoms with Gasteiger partial charge in [-0.25, -0.2) is 9.59 Å². The SMILES string of the molecule is O=C(N[C@@H](CC(=O)N1CCCCC1)C(=O)O)OCC1c2ccccc2-c2ccccc21. The number of nitrogens with zero attached hydrogens (tertiary/aromatic N) is 1. The molecule has 0 saturated carbocycles. The number of nitrogens with one attached hydrogen (secondary N) is 1. The molecule has 0 radical (unpaired) electrons. The lowest BCUT2D eigenvalue weighted by Gasteiger charge is -2.27. The summed E-state index contributed by atoms with van der Waals surface area (Å²) in [6.07, 6.45) is 1.80. The van der Waals surface area contributed by atoms with Crippen LogP contribution in [0.3, 0.4) is 0 Å². The normalized spacial score (nSPS) is 16.2. The number of fused-ring (bicyclic) bond motifs is 3. The van der Waals surface area contributed by atoms with Gasteiger partial charge in [-0.15, -0.1) is 0 Å². The third-order valence-electron chi connectivity index (χ3n) is 6.02. The van der Waals surface area contributed by atoms with Crippen LogP contribution in [0.4, 0.5) is 4.79 Å². The summed E-state index contributed by atoms with van der Waals surface area (Å²) in [5, 5.41) is 11.8. The van der Waals surface area contributed by atoms with Gasteiger partial charge in [-0.2, -0.15) is 0 Å². The van der Waals surface area contributed by atoms with Crippen molar-refractivity contribution in [2.75, 3.05) is 19.7 Å². The van der Waals surface area contributed by atoms with Crippen LogP contribution in [0.5, 0.6) is 0 Å². The van der Waals surface area contributed by atoms with Crippen LogP contribution in [0.15, 0.2) is 48.5 Å². The van der Waals surface area contributed by atoms with E-state index >= 15 is 0 Å². The largest absolute Gasteiger partial charge is 0.480 e. The molecule has 1 atom stereocenters. The first-order valence-corrected chi connectivity index (χ1v) is 10.7. The van der Waals surface area contributed by atoms with E-state index in [1.165, 1.54) is 0 Å². The fraction of sp³-hybridized carbons (Fsp3) is 0.375. The summed E-state index contributed by atoms with van der Waals surface area (Å²) in [4.78, 5) is 38.0. The molecule has 1 aliphatic heterocycles. The first-order chi connectivity index (χ1) is 15.0. The number of carboxylic acids is 1. The molecule has 7 heteroatoms. The Morgan fingerprint density at radius 3 is 2.13 bits per heavy atom. The molecule has 1 saturated heterocycles. The number of aliphatic carboxylic acids is 1. The lowest BCUT2D eigenvalue weighted by atomic mass is 9.98. The van der Waals surface area contributed by atoms with Gasteiger partial charge in [0.1, 0.15) is 12.6 Å². The van der Waals surface area contributed by atoms with Crippen molar-refractivity contribution in [1.82, 2.24) is 10.2 Å². The second kappa shape index (κ2) is 9.20. The van der Waals surface area contributed by atoms with Crippen LogP contribution in [0.2, 0.25) is 0 Å². The van der Waals surface area contributed by atoms with Gasteiger partial charge in [0.05, 0.1) is 6.42 Å². The Labute approximate surface area is 181 Å². The highest BCUT2D eigenvalue weighted by molar-refractivity contribution is 5.87. The molecular formula is C24H26N2O5. The smallest absolute Gasteiger partial charge is 0.407 e. The Balaban J connectivity index is 1.38. The van der Waals surface area contributed by atoms with Crippen molar-refractivity contribution in [3.63, 3.8) is 0 Å². The number of piperidine rings is 1. The highest BCUT2D eigenvalue weighted by Gasteiger charge is 2.31. The molecule has 1 heterocycles. The van der Waals surface area contributed by atoms with E-state index in [1.807, 2.05) is 48.5 Å². The zero-order chi connectivity index (χ0) is 21.8. The minimum absolute atomic E-state index is 0.0896. The molecule has 2 aliphatic rings. The molecule has 162 valence electrons. The molecule has 0 bridgehead atoms. The van der Waals surface area contributed by atoms with Crippen molar-refractivity contribution >= 4 is 18.0 Å². The highest BCUT2D eigenvalue weighted by atomic mass is 16.5. The number of carboxylic acid groups (broad SMARTS) is 1. The summed E-state index contributed by atoms with van der Waals surface area (Å²) >= 11 is 0. The maximum absolute atomic E-state index is 12.4. The minimum Gasteiger partial charge on any atom is -0.480 e. The Morgan fingerprint density at radius 1 is 0.968 bits per heavy atom. The Kier molecular flexibility index (Phi) is 6.21. The van der Waals surface area contributed by atoms with E-state index in [-0.39, 0.29) is 24.9 Å². The second-order valence-corrected chi connectivity index (χ2v) is 8.01. The first-order valence-electron chi connectivity index (χ1n) is 10.7. The number of likely N-dealkylation sites (tertiary alicyclic amines) is 1. The van der Waals surface area contributed by atoms with E-state index in [2.05, 4.69) is 5.32 Å². The van der Waals surface area contributed by atoms with E-state index < -0.39 is 18.1 Å². The lowest BCUT2D eigenvalue weighted by Crippen LogP contribution is -2.46. The molecule has 0 aromatic heterocycles. The molecule has 0 spiro atoms. The van der Waals surface area contributed by atoms with Gasteiger partial charge in [0, 0.05) is 19.0 Å². The standard InChI is InChI=1S/C24H26N2O5/c27-22(26-12-6-1-7-13-26)14-21(23(28)29)25-24(30)31-15-20-18-10-4-2-8-16(18)17-9-3-5-11-19(17)20/h2-5,8-11,20-21H,1,6-7,12-15H2,(H,25,30)(H,28,29)/t21-/m0/s1.